The van der Waals surface area contributed by atoms with E-state index < -0.39 is 0 Å². The fourth-order valence-electron chi connectivity index (χ4n) is 3.35. The van der Waals surface area contributed by atoms with Crippen LogP contribution < -0.4 is 21.1 Å². The number of anilines is 3. The second kappa shape index (κ2) is 9.27. The van der Waals surface area contributed by atoms with Gasteiger partial charge in [0.05, 0.1) is 6.61 Å². The maximum Gasteiger partial charge on any atom is 0.211 e. The first-order valence-electron chi connectivity index (χ1n) is 9.38. The van der Waals surface area contributed by atoms with E-state index in [4.69, 9.17) is 10.5 Å². The van der Waals surface area contributed by atoms with Crippen molar-refractivity contribution in [2.75, 3.05) is 42.6 Å². The second-order valence-corrected chi connectivity index (χ2v) is 6.75. The fraction of sp³-hybridized carbons (Fsp3) is 0.474. The Hall–Kier alpha value is -2.74. The van der Waals surface area contributed by atoms with Gasteiger partial charge < -0.3 is 21.1 Å². The van der Waals surface area contributed by atoms with Gasteiger partial charge in [-0.05, 0) is 50.0 Å². The van der Waals surface area contributed by atoms with Crippen molar-refractivity contribution in [1.29, 1.82) is 0 Å². The molecule has 2 heterocycles. The number of rotatable bonds is 10. The Kier molecular flexibility index (Phi) is 6.54. The fourth-order valence-corrected chi connectivity index (χ4v) is 3.35. The van der Waals surface area contributed by atoms with Crippen LogP contribution in [0.15, 0.2) is 24.3 Å². The highest BCUT2D eigenvalue weighted by Crippen LogP contribution is 2.26. The number of ether oxygens (including phenoxy) is 1. The number of amides is 1. The first-order chi connectivity index (χ1) is 13.2. The Bertz CT molecular complexity index is 755. The zero-order valence-electron chi connectivity index (χ0n) is 15.8. The topological polar surface area (TPSA) is 97.4 Å². The van der Waals surface area contributed by atoms with Gasteiger partial charge in [0.15, 0.2) is 5.82 Å². The van der Waals surface area contributed by atoms with Crippen LogP contribution in [-0.4, -0.2) is 47.3 Å². The second-order valence-electron chi connectivity index (χ2n) is 6.75. The quantitative estimate of drug-likeness (QED) is 0.436. The van der Waals surface area contributed by atoms with Gasteiger partial charge in [-0.1, -0.05) is 12.1 Å². The molecular formula is C19H28N6O2. The summed E-state index contributed by atoms with van der Waals surface area (Å²) < 4.78 is 7.50. The summed E-state index contributed by atoms with van der Waals surface area (Å²) in [5, 5.41) is 9.93. The van der Waals surface area contributed by atoms with Crippen LogP contribution in [0.4, 0.5) is 17.3 Å². The highest BCUT2D eigenvalue weighted by atomic mass is 16.5. The van der Waals surface area contributed by atoms with E-state index in [0.29, 0.717) is 31.1 Å². The van der Waals surface area contributed by atoms with Crippen molar-refractivity contribution < 1.29 is 9.53 Å². The Morgan fingerprint density at radius 1 is 1.33 bits per heavy atom. The Labute approximate surface area is 159 Å². The highest BCUT2D eigenvalue weighted by Gasteiger charge is 2.13. The molecule has 0 unspecified atom stereocenters. The molecule has 1 aliphatic heterocycles. The molecule has 0 atom stereocenters. The van der Waals surface area contributed by atoms with Crippen LogP contribution in [0.25, 0.3) is 0 Å². The van der Waals surface area contributed by atoms with Crippen molar-refractivity contribution in [2.45, 2.75) is 25.8 Å². The molecule has 146 valence electrons. The molecule has 1 fully saturated rings. The van der Waals surface area contributed by atoms with Gasteiger partial charge in [0.1, 0.15) is 17.3 Å². The number of hydrogen-bond acceptors (Lipinski definition) is 6. The molecule has 0 radical (unpaired) electrons. The zero-order valence-corrected chi connectivity index (χ0v) is 15.8. The summed E-state index contributed by atoms with van der Waals surface area (Å²) in [5.41, 5.74) is 7.58. The van der Waals surface area contributed by atoms with Crippen molar-refractivity contribution in [3.05, 3.63) is 29.8 Å². The Morgan fingerprint density at radius 2 is 2.15 bits per heavy atom. The monoisotopic (exact) mass is 372 g/mol. The van der Waals surface area contributed by atoms with E-state index in [2.05, 4.69) is 38.8 Å². The van der Waals surface area contributed by atoms with E-state index in [1.54, 1.807) is 11.7 Å². The largest absolute Gasteiger partial charge is 0.494 e. The molecule has 1 aliphatic rings. The molecule has 2 aromatic rings. The third-order valence-corrected chi connectivity index (χ3v) is 4.66. The summed E-state index contributed by atoms with van der Waals surface area (Å²) in [6.45, 7) is 4.66. The third kappa shape index (κ3) is 5.13. The number of hydrogen-bond donors (Lipinski definition) is 3. The summed E-state index contributed by atoms with van der Waals surface area (Å²) in [5.74, 6) is 1.88. The van der Waals surface area contributed by atoms with Crippen molar-refractivity contribution in [1.82, 2.24) is 14.7 Å². The van der Waals surface area contributed by atoms with Crippen molar-refractivity contribution in [2.24, 2.45) is 7.05 Å². The van der Waals surface area contributed by atoms with Gasteiger partial charge in [0, 0.05) is 20.1 Å². The van der Waals surface area contributed by atoms with Crippen molar-refractivity contribution >= 4 is 23.7 Å². The Morgan fingerprint density at radius 3 is 2.93 bits per heavy atom. The van der Waals surface area contributed by atoms with Gasteiger partial charge in [-0.2, -0.15) is 5.10 Å². The number of nitrogens with zero attached hydrogens (tertiary/aromatic N) is 3. The normalized spacial score (nSPS) is 14.3. The van der Waals surface area contributed by atoms with E-state index in [1.165, 1.54) is 31.5 Å². The molecule has 8 heteroatoms. The molecule has 8 nitrogen and oxygen atoms in total. The lowest BCUT2D eigenvalue weighted by atomic mass is 10.2. The first-order valence-corrected chi connectivity index (χ1v) is 9.38. The lowest BCUT2D eigenvalue weighted by Crippen LogP contribution is -2.18. The SMILES string of the molecule is Cn1nc(N)c(NC=O)c1NCCCOc1cccc(CN2CCCC2)c1. The van der Waals surface area contributed by atoms with Gasteiger partial charge in [0.2, 0.25) is 6.41 Å². The molecule has 1 aromatic carbocycles. The summed E-state index contributed by atoms with van der Waals surface area (Å²) in [7, 11) is 1.77. The summed E-state index contributed by atoms with van der Waals surface area (Å²) in [6, 6.07) is 8.32. The predicted molar refractivity (Wildman–Crippen MR) is 107 cm³/mol. The van der Waals surface area contributed by atoms with Gasteiger partial charge in [0.25, 0.3) is 0 Å². The molecule has 0 spiro atoms. The van der Waals surface area contributed by atoms with Crippen LogP contribution in [0.3, 0.4) is 0 Å². The predicted octanol–water partition coefficient (Wildman–Crippen LogP) is 2.05. The number of nitrogen functional groups attached to an aromatic ring is 1. The lowest BCUT2D eigenvalue weighted by molar-refractivity contribution is -0.105. The lowest BCUT2D eigenvalue weighted by Gasteiger charge is -2.15. The Balaban J connectivity index is 1.43. The smallest absolute Gasteiger partial charge is 0.211 e. The highest BCUT2D eigenvalue weighted by molar-refractivity contribution is 5.86. The number of nitrogens with two attached hydrogens (primary N) is 1. The van der Waals surface area contributed by atoms with Crippen LogP contribution in [0.1, 0.15) is 24.8 Å². The van der Waals surface area contributed by atoms with E-state index in [9.17, 15) is 4.79 Å². The number of likely N-dealkylation sites (tertiary alicyclic amines) is 1. The number of aromatic nitrogens is 2. The minimum atomic E-state index is 0.290. The minimum absolute atomic E-state index is 0.290. The molecule has 0 aliphatic carbocycles. The average molecular weight is 372 g/mol. The van der Waals surface area contributed by atoms with E-state index in [1.807, 2.05) is 6.07 Å². The maximum atomic E-state index is 10.7. The van der Waals surface area contributed by atoms with Gasteiger partial charge in [-0.3, -0.25) is 9.69 Å². The molecule has 0 saturated carbocycles. The van der Waals surface area contributed by atoms with Gasteiger partial charge in [-0.15, -0.1) is 0 Å². The van der Waals surface area contributed by atoms with Crippen LogP contribution >= 0.6 is 0 Å². The van der Waals surface area contributed by atoms with E-state index in [-0.39, 0.29) is 5.82 Å². The van der Waals surface area contributed by atoms with Crippen LogP contribution in [-0.2, 0) is 18.4 Å². The molecular weight excluding hydrogens is 344 g/mol. The standard InChI is InChI=1S/C19H28N6O2/c1-24-19(17(22-14-26)18(20)23-24)21-8-5-11-27-16-7-4-6-15(12-16)13-25-9-2-3-10-25/h4,6-7,12,14,21H,2-3,5,8-11,13H2,1H3,(H2,20,23)(H,22,26). The minimum Gasteiger partial charge on any atom is -0.494 e. The van der Waals surface area contributed by atoms with E-state index in [0.717, 1.165) is 18.7 Å². The number of nitrogens with one attached hydrogen (secondary N) is 2. The molecule has 1 saturated heterocycles. The number of benzene rings is 1. The van der Waals surface area contributed by atoms with Crippen LogP contribution in [0.2, 0.25) is 0 Å². The molecule has 27 heavy (non-hydrogen) atoms. The third-order valence-electron chi connectivity index (χ3n) is 4.66. The van der Waals surface area contributed by atoms with Gasteiger partial charge >= 0.3 is 0 Å². The van der Waals surface area contributed by atoms with Gasteiger partial charge in [-0.25, -0.2) is 4.68 Å². The van der Waals surface area contributed by atoms with Crippen LogP contribution in [0.5, 0.6) is 5.75 Å². The molecule has 4 N–H and O–H groups in total. The summed E-state index contributed by atoms with van der Waals surface area (Å²) >= 11 is 0. The molecule has 3 rings (SSSR count). The number of aryl methyl sites for hydroxylation is 1. The van der Waals surface area contributed by atoms with Crippen LogP contribution in [0, 0.1) is 0 Å². The number of carbonyl (C=O) groups is 1. The summed E-state index contributed by atoms with van der Waals surface area (Å²) in [6.07, 6.45) is 4.00. The van der Waals surface area contributed by atoms with Crippen molar-refractivity contribution in [3.8, 4) is 5.75 Å². The molecule has 1 amide bonds. The molecule has 1 aromatic heterocycles. The number of carbonyl (C=O) groups excluding carboxylic acids is 1. The molecule has 0 bridgehead atoms. The van der Waals surface area contributed by atoms with E-state index >= 15 is 0 Å². The average Bonchev–Trinajstić information content (AvgIpc) is 3.25. The zero-order chi connectivity index (χ0) is 19.1. The maximum absolute atomic E-state index is 10.7. The van der Waals surface area contributed by atoms with Crippen molar-refractivity contribution in [3.63, 3.8) is 0 Å². The first kappa shape index (κ1) is 19.0. The summed E-state index contributed by atoms with van der Waals surface area (Å²) in [4.78, 5) is 13.2.